The Morgan fingerprint density at radius 1 is 1.27 bits per heavy atom. The van der Waals surface area contributed by atoms with E-state index in [4.69, 9.17) is 9.37 Å². The SMILES string of the molecule is COC[C@H](c1cnn2cc([C@@H](NC(=O)c3nonc3C3CC3)C3CC(F)(F)C3)nc2c1)N1CC(C(F)(F)F)=NC1=O. The van der Waals surface area contributed by atoms with Crippen LogP contribution < -0.4 is 5.32 Å². The van der Waals surface area contributed by atoms with Crippen molar-refractivity contribution in [3.8, 4) is 0 Å². The van der Waals surface area contributed by atoms with Crippen molar-refractivity contribution in [2.24, 2.45) is 10.9 Å². The highest BCUT2D eigenvalue weighted by molar-refractivity contribution is 6.05. The molecule has 41 heavy (non-hydrogen) atoms. The van der Waals surface area contributed by atoms with Crippen molar-refractivity contribution < 1.29 is 40.9 Å². The second-order valence-corrected chi connectivity index (χ2v) is 10.4. The molecule has 2 atom stereocenters. The van der Waals surface area contributed by atoms with Gasteiger partial charge in [-0.15, -0.1) is 0 Å². The van der Waals surface area contributed by atoms with Gasteiger partial charge in [-0.25, -0.2) is 27.7 Å². The van der Waals surface area contributed by atoms with Crippen molar-refractivity contribution in [2.45, 2.75) is 55.8 Å². The van der Waals surface area contributed by atoms with Crippen molar-refractivity contribution in [3.05, 3.63) is 41.1 Å². The number of carbonyl (C=O) groups excluding carboxylic acids is 2. The van der Waals surface area contributed by atoms with Crippen LogP contribution in [0.5, 0.6) is 0 Å². The molecular formula is C24H23F5N8O4. The molecule has 2 saturated carbocycles. The third kappa shape index (κ3) is 5.25. The van der Waals surface area contributed by atoms with Crippen molar-refractivity contribution >= 4 is 23.3 Å². The van der Waals surface area contributed by atoms with E-state index in [1.807, 2.05) is 0 Å². The molecule has 6 rings (SSSR count). The van der Waals surface area contributed by atoms with Gasteiger partial charge in [0.15, 0.2) is 11.3 Å². The number of hydrogen-bond donors (Lipinski definition) is 1. The largest absolute Gasteiger partial charge is 0.431 e. The van der Waals surface area contributed by atoms with Crippen molar-refractivity contribution in [3.63, 3.8) is 0 Å². The molecule has 17 heteroatoms. The van der Waals surface area contributed by atoms with Crippen molar-refractivity contribution in [1.82, 2.24) is 35.1 Å². The Balaban J connectivity index is 1.28. The number of methoxy groups -OCH3 is 1. The number of fused-ring (bicyclic) bond motifs is 1. The van der Waals surface area contributed by atoms with E-state index >= 15 is 0 Å². The summed E-state index contributed by atoms with van der Waals surface area (Å²) in [7, 11) is 1.33. The molecule has 2 aliphatic carbocycles. The lowest BCUT2D eigenvalue weighted by molar-refractivity contribution is -0.119. The van der Waals surface area contributed by atoms with Crippen LogP contribution in [0, 0.1) is 5.92 Å². The smallest absolute Gasteiger partial charge is 0.382 e. The summed E-state index contributed by atoms with van der Waals surface area (Å²) in [6.45, 7) is -0.909. The molecule has 4 heterocycles. The summed E-state index contributed by atoms with van der Waals surface area (Å²) in [5, 5.41) is 14.5. The number of carbonyl (C=O) groups is 2. The number of amides is 3. The van der Waals surface area contributed by atoms with Gasteiger partial charge in [0.2, 0.25) is 5.92 Å². The van der Waals surface area contributed by atoms with E-state index in [2.05, 4.69) is 30.7 Å². The van der Waals surface area contributed by atoms with Gasteiger partial charge in [0.1, 0.15) is 11.4 Å². The molecular weight excluding hydrogens is 559 g/mol. The molecule has 3 aromatic heterocycles. The van der Waals surface area contributed by atoms with E-state index in [1.54, 1.807) is 0 Å². The molecule has 2 fully saturated rings. The molecule has 1 N–H and O–H groups in total. The number of rotatable bonds is 9. The van der Waals surface area contributed by atoms with E-state index < -0.39 is 67.1 Å². The Morgan fingerprint density at radius 3 is 2.66 bits per heavy atom. The summed E-state index contributed by atoms with van der Waals surface area (Å²) in [6.07, 6.45) is -1.21. The van der Waals surface area contributed by atoms with Crippen LogP contribution in [0.2, 0.25) is 0 Å². The van der Waals surface area contributed by atoms with E-state index in [-0.39, 0.29) is 29.6 Å². The summed E-state index contributed by atoms with van der Waals surface area (Å²) < 4.78 is 78.5. The number of ether oxygens (including phenoxy) is 1. The van der Waals surface area contributed by atoms with Gasteiger partial charge in [-0.3, -0.25) is 4.79 Å². The first-order valence-electron chi connectivity index (χ1n) is 12.7. The van der Waals surface area contributed by atoms with Crippen LogP contribution in [0.25, 0.3) is 5.65 Å². The zero-order valence-corrected chi connectivity index (χ0v) is 21.4. The maximum absolute atomic E-state index is 13.8. The molecule has 0 bridgehead atoms. The lowest BCUT2D eigenvalue weighted by atomic mass is 9.75. The van der Waals surface area contributed by atoms with Crippen molar-refractivity contribution in [1.29, 1.82) is 0 Å². The molecule has 0 aromatic carbocycles. The fraction of sp³-hybridized carbons (Fsp3) is 0.542. The monoisotopic (exact) mass is 582 g/mol. The predicted molar refractivity (Wildman–Crippen MR) is 127 cm³/mol. The minimum Gasteiger partial charge on any atom is -0.382 e. The number of nitrogens with one attached hydrogen (secondary N) is 1. The standard InChI is InChI=1S/C24H23F5N8O4/c1-40-10-15(36-9-16(24(27,28)29)32-22(36)39)12-4-17-31-14(8-37(17)30-7-12)18(13-5-23(25,26)6-13)33-21(38)20-19(11-2-3-11)34-41-35-20/h4,7-8,11,13,15,18H,2-3,5-6,9-10H2,1H3,(H,33,38)/t15-,18+/m1/s1. The molecule has 12 nitrogen and oxygen atoms in total. The predicted octanol–water partition coefficient (Wildman–Crippen LogP) is 3.63. The average Bonchev–Trinajstić information content (AvgIpc) is 3.28. The van der Waals surface area contributed by atoms with Crippen LogP contribution in [0.3, 0.4) is 0 Å². The number of aliphatic imine (C=N–C) groups is 1. The molecule has 0 spiro atoms. The first-order chi connectivity index (χ1) is 19.4. The summed E-state index contributed by atoms with van der Waals surface area (Å²) >= 11 is 0. The van der Waals surface area contributed by atoms with Crippen LogP contribution in [-0.2, 0) is 4.74 Å². The molecule has 0 unspecified atom stereocenters. The lowest BCUT2D eigenvalue weighted by Crippen LogP contribution is -2.45. The minimum absolute atomic E-state index is 0.00843. The summed E-state index contributed by atoms with van der Waals surface area (Å²) in [4.78, 5) is 34.0. The minimum atomic E-state index is -4.76. The second kappa shape index (κ2) is 9.81. The molecule has 3 amide bonds. The van der Waals surface area contributed by atoms with Gasteiger partial charge < -0.3 is 15.0 Å². The van der Waals surface area contributed by atoms with Gasteiger partial charge in [-0.05, 0) is 30.0 Å². The van der Waals surface area contributed by atoms with Crippen molar-refractivity contribution in [2.75, 3.05) is 20.3 Å². The first-order valence-corrected chi connectivity index (χ1v) is 12.7. The molecule has 3 aromatic rings. The number of halogens is 5. The summed E-state index contributed by atoms with van der Waals surface area (Å²) in [5.74, 6) is -4.08. The molecule has 0 radical (unpaired) electrons. The Labute approximate surface area is 227 Å². The Bertz CT molecular complexity index is 1520. The van der Waals surface area contributed by atoms with Gasteiger partial charge in [-0.1, -0.05) is 5.16 Å². The number of aromatic nitrogens is 5. The van der Waals surface area contributed by atoms with E-state index in [0.717, 1.165) is 17.7 Å². The fourth-order valence-electron chi connectivity index (χ4n) is 5.17. The lowest BCUT2D eigenvalue weighted by Gasteiger charge is -2.39. The maximum Gasteiger partial charge on any atom is 0.431 e. The number of imidazole rings is 1. The highest BCUT2D eigenvalue weighted by Crippen LogP contribution is 2.48. The number of urea groups is 1. The van der Waals surface area contributed by atoms with Gasteiger partial charge in [0.05, 0.1) is 43.3 Å². The number of hydrogen-bond acceptors (Lipinski definition) is 8. The third-order valence-corrected chi connectivity index (χ3v) is 7.46. The van der Waals surface area contributed by atoms with Crippen LogP contribution in [0.4, 0.5) is 26.7 Å². The van der Waals surface area contributed by atoms with Gasteiger partial charge in [0, 0.05) is 31.4 Å². The molecule has 0 saturated heterocycles. The Hall–Kier alpha value is -4.02. The van der Waals surface area contributed by atoms with Gasteiger partial charge >= 0.3 is 12.2 Å². The topological polar surface area (TPSA) is 140 Å². The zero-order chi connectivity index (χ0) is 29.1. The highest BCUT2D eigenvalue weighted by Gasteiger charge is 2.50. The third-order valence-electron chi connectivity index (χ3n) is 7.46. The van der Waals surface area contributed by atoms with E-state index in [9.17, 15) is 31.5 Å². The molecule has 218 valence electrons. The van der Waals surface area contributed by atoms with Crippen LogP contribution in [0.15, 0.2) is 28.1 Å². The average molecular weight is 582 g/mol. The number of nitrogens with zero attached hydrogens (tertiary/aromatic N) is 7. The maximum atomic E-state index is 13.8. The zero-order valence-electron chi connectivity index (χ0n) is 21.4. The molecule has 1 aliphatic heterocycles. The van der Waals surface area contributed by atoms with Gasteiger partial charge in [0.25, 0.3) is 5.91 Å². The second-order valence-electron chi connectivity index (χ2n) is 10.4. The Kier molecular flexibility index (Phi) is 6.50. The highest BCUT2D eigenvalue weighted by atomic mass is 19.4. The molecule has 3 aliphatic rings. The van der Waals surface area contributed by atoms with E-state index in [1.165, 1.54) is 30.1 Å². The fourth-order valence-corrected chi connectivity index (χ4v) is 5.17. The normalized spacial score (nSPS) is 20.7. The first kappa shape index (κ1) is 27.2. The van der Waals surface area contributed by atoms with Crippen LogP contribution in [-0.4, -0.2) is 79.8 Å². The van der Waals surface area contributed by atoms with Crippen LogP contribution >= 0.6 is 0 Å². The van der Waals surface area contributed by atoms with E-state index in [0.29, 0.717) is 11.3 Å². The van der Waals surface area contributed by atoms with Gasteiger partial charge in [-0.2, -0.15) is 23.3 Å². The number of alkyl halides is 5. The summed E-state index contributed by atoms with van der Waals surface area (Å²) in [6, 6.07) is -1.45. The summed E-state index contributed by atoms with van der Waals surface area (Å²) in [5.41, 5.74) is -0.0260. The van der Waals surface area contributed by atoms with Crippen LogP contribution in [0.1, 0.15) is 71.1 Å². The Morgan fingerprint density at radius 2 is 2.02 bits per heavy atom. The quantitative estimate of drug-likeness (QED) is 0.378.